The molecule has 1 amide bonds. The molecular formula is C23H31F2N3O. The summed E-state index contributed by atoms with van der Waals surface area (Å²) in [7, 11) is 1.54. The van der Waals surface area contributed by atoms with Crippen molar-refractivity contribution in [3.8, 4) is 0 Å². The highest BCUT2D eigenvalue weighted by Crippen LogP contribution is 2.52. The van der Waals surface area contributed by atoms with Gasteiger partial charge in [-0.05, 0) is 47.3 Å². The average Bonchev–Trinajstić information content (AvgIpc) is 3.19. The lowest BCUT2D eigenvalue weighted by Gasteiger charge is -2.24. The number of nitrogens with one attached hydrogen (secondary N) is 1. The molecule has 158 valence electrons. The number of fused-ring (bicyclic) bond motifs is 1. The van der Waals surface area contributed by atoms with Gasteiger partial charge in [-0.15, -0.1) is 0 Å². The van der Waals surface area contributed by atoms with Crippen LogP contribution in [0.25, 0.3) is 0 Å². The van der Waals surface area contributed by atoms with Crippen LogP contribution in [0, 0.1) is 11.8 Å². The Labute approximate surface area is 171 Å². The molecule has 3 unspecified atom stereocenters. The number of aromatic nitrogens is 2. The van der Waals surface area contributed by atoms with Crippen molar-refractivity contribution >= 4 is 11.6 Å². The molecule has 1 aromatic carbocycles. The van der Waals surface area contributed by atoms with Gasteiger partial charge in [0.25, 0.3) is 12.3 Å². The lowest BCUT2D eigenvalue weighted by Crippen LogP contribution is -2.16. The Kier molecular flexibility index (Phi) is 6.39. The molecule has 0 radical (unpaired) electrons. The molecule has 1 aromatic heterocycles. The topological polar surface area (TPSA) is 46.9 Å². The van der Waals surface area contributed by atoms with Gasteiger partial charge in [0.1, 0.15) is 5.69 Å². The zero-order valence-electron chi connectivity index (χ0n) is 17.9. The summed E-state index contributed by atoms with van der Waals surface area (Å²) < 4.78 is 27.8. The molecule has 0 aliphatic heterocycles. The third-order valence-corrected chi connectivity index (χ3v) is 6.24. The largest absolute Gasteiger partial charge is 0.322 e. The first-order valence-electron chi connectivity index (χ1n) is 10.5. The molecule has 2 aromatic rings. The van der Waals surface area contributed by atoms with Crippen molar-refractivity contribution in [1.82, 2.24) is 9.78 Å². The molecule has 1 aliphatic carbocycles. The van der Waals surface area contributed by atoms with E-state index >= 15 is 0 Å². The van der Waals surface area contributed by atoms with Gasteiger partial charge in [-0.2, -0.15) is 5.10 Å². The van der Waals surface area contributed by atoms with Gasteiger partial charge < -0.3 is 5.32 Å². The maximum Gasteiger partial charge on any atom is 0.282 e. The zero-order chi connectivity index (χ0) is 21.3. The van der Waals surface area contributed by atoms with Crippen LogP contribution in [0.3, 0.4) is 0 Å². The van der Waals surface area contributed by atoms with Gasteiger partial charge in [0.2, 0.25) is 0 Å². The smallest absolute Gasteiger partial charge is 0.282 e. The SMILES string of the molecule is CCC1C(C)c2cccc(NC(=O)c3cn(C)nc3C(F)F)c2C1CCC(C)C. The van der Waals surface area contributed by atoms with Crippen LogP contribution in [0.5, 0.6) is 0 Å². The summed E-state index contributed by atoms with van der Waals surface area (Å²) in [5.41, 5.74) is 2.64. The molecule has 3 rings (SSSR count). The van der Waals surface area contributed by atoms with Gasteiger partial charge in [0, 0.05) is 18.9 Å². The number of rotatable bonds is 7. The van der Waals surface area contributed by atoms with Gasteiger partial charge in [-0.25, -0.2) is 8.78 Å². The van der Waals surface area contributed by atoms with Crippen molar-refractivity contribution in [2.75, 3.05) is 5.32 Å². The van der Waals surface area contributed by atoms with E-state index in [1.165, 1.54) is 22.0 Å². The number of aryl methyl sites for hydroxylation is 1. The molecule has 0 fully saturated rings. The normalized spacial score (nSPS) is 21.1. The molecule has 29 heavy (non-hydrogen) atoms. The second-order valence-electron chi connectivity index (χ2n) is 8.60. The lowest BCUT2D eigenvalue weighted by molar-refractivity contribution is 0.101. The summed E-state index contributed by atoms with van der Waals surface area (Å²) in [5.74, 6) is 1.39. The minimum atomic E-state index is -2.79. The van der Waals surface area contributed by atoms with E-state index in [0.29, 0.717) is 23.7 Å². The number of benzene rings is 1. The Hall–Kier alpha value is -2.24. The summed E-state index contributed by atoms with van der Waals surface area (Å²) >= 11 is 0. The fraction of sp³-hybridized carbons (Fsp3) is 0.565. The second kappa shape index (κ2) is 8.64. The number of alkyl halides is 2. The predicted octanol–water partition coefficient (Wildman–Crippen LogP) is 6.27. The quantitative estimate of drug-likeness (QED) is 0.592. The van der Waals surface area contributed by atoms with Gasteiger partial charge in [-0.3, -0.25) is 9.48 Å². The van der Waals surface area contributed by atoms with Crippen LogP contribution >= 0.6 is 0 Å². The molecule has 0 spiro atoms. The number of amides is 1. The van der Waals surface area contributed by atoms with E-state index in [-0.39, 0.29) is 5.56 Å². The van der Waals surface area contributed by atoms with E-state index in [9.17, 15) is 13.6 Å². The van der Waals surface area contributed by atoms with E-state index in [2.05, 4.69) is 44.2 Å². The molecule has 1 aliphatic rings. The number of carbonyl (C=O) groups is 1. The van der Waals surface area contributed by atoms with Crippen LogP contribution in [-0.2, 0) is 7.05 Å². The first-order valence-corrected chi connectivity index (χ1v) is 10.5. The molecule has 3 atom stereocenters. The van der Waals surface area contributed by atoms with Crippen LogP contribution < -0.4 is 5.32 Å². The number of halogens is 2. The van der Waals surface area contributed by atoms with Crippen LogP contribution in [-0.4, -0.2) is 15.7 Å². The zero-order valence-corrected chi connectivity index (χ0v) is 17.9. The van der Waals surface area contributed by atoms with Crippen molar-refractivity contribution in [2.24, 2.45) is 18.9 Å². The van der Waals surface area contributed by atoms with Gasteiger partial charge >= 0.3 is 0 Å². The molecule has 1 N–H and O–H groups in total. The number of nitrogens with zero attached hydrogens (tertiary/aromatic N) is 2. The fourth-order valence-corrected chi connectivity index (χ4v) is 4.84. The highest BCUT2D eigenvalue weighted by molar-refractivity contribution is 6.05. The summed E-state index contributed by atoms with van der Waals surface area (Å²) in [6, 6.07) is 5.98. The Morgan fingerprint density at radius 2 is 2.03 bits per heavy atom. The lowest BCUT2D eigenvalue weighted by atomic mass is 9.81. The third kappa shape index (κ3) is 4.21. The minimum absolute atomic E-state index is 0.0723. The maximum atomic E-state index is 13.3. The Morgan fingerprint density at radius 3 is 2.66 bits per heavy atom. The van der Waals surface area contributed by atoms with Crippen molar-refractivity contribution in [1.29, 1.82) is 0 Å². The Bertz CT molecular complexity index is 875. The average molecular weight is 404 g/mol. The second-order valence-corrected chi connectivity index (χ2v) is 8.60. The summed E-state index contributed by atoms with van der Waals surface area (Å²) in [5, 5.41) is 6.68. The summed E-state index contributed by atoms with van der Waals surface area (Å²) in [4.78, 5) is 12.9. The van der Waals surface area contributed by atoms with E-state index in [1.54, 1.807) is 7.05 Å². The highest BCUT2D eigenvalue weighted by Gasteiger charge is 2.38. The number of hydrogen-bond acceptors (Lipinski definition) is 2. The van der Waals surface area contributed by atoms with Crippen LogP contribution in [0.1, 0.15) is 92.4 Å². The first-order chi connectivity index (χ1) is 13.7. The summed E-state index contributed by atoms with van der Waals surface area (Å²) in [6.07, 6.45) is 1.82. The monoisotopic (exact) mass is 403 g/mol. The molecule has 0 saturated carbocycles. The van der Waals surface area contributed by atoms with E-state index in [4.69, 9.17) is 0 Å². The summed E-state index contributed by atoms with van der Waals surface area (Å²) in [6.45, 7) is 8.92. The molecule has 4 nitrogen and oxygen atoms in total. The van der Waals surface area contributed by atoms with Crippen LogP contribution in [0.15, 0.2) is 24.4 Å². The molecule has 0 saturated heterocycles. The highest BCUT2D eigenvalue weighted by atomic mass is 19.3. The van der Waals surface area contributed by atoms with Crippen LogP contribution in [0.2, 0.25) is 0 Å². The number of hydrogen-bond donors (Lipinski definition) is 1. The van der Waals surface area contributed by atoms with E-state index in [0.717, 1.165) is 24.9 Å². The van der Waals surface area contributed by atoms with Crippen LogP contribution in [0.4, 0.5) is 14.5 Å². The Morgan fingerprint density at radius 1 is 1.31 bits per heavy atom. The molecule has 1 heterocycles. The molecule has 0 bridgehead atoms. The van der Waals surface area contributed by atoms with Gasteiger partial charge in [0.15, 0.2) is 0 Å². The predicted molar refractivity (Wildman–Crippen MR) is 112 cm³/mol. The Balaban J connectivity index is 1.96. The molecule has 6 heteroatoms. The third-order valence-electron chi connectivity index (χ3n) is 6.24. The maximum absolute atomic E-state index is 13.3. The van der Waals surface area contributed by atoms with Crippen molar-refractivity contribution in [3.63, 3.8) is 0 Å². The number of anilines is 1. The number of carbonyl (C=O) groups excluding carboxylic acids is 1. The van der Waals surface area contributed by atoms with Gasteiger partial charge in [0.05, 0.1) is 5.56 Å². The van der Waals surface area contributed by atoms with Crippen molar-refractivity contribution < 1.29 is 13.6 Å². The van der Waals surface area contributed by atoms with Gasteiger partial charge in [-0.1, -0.05) is 52.7 Å². The minimum Gasteiger partial charge on any atom is -0.322 e. The van der Waals surface area contributed by atoms with Crippen molar-refractivity contribution in [3.05, 3.63) is 46.8 Å². The first kappa shape index (κ1) is 21.5. The van der Waals surface area contributed by atoms with E-state index < -0.39 is 18.0 Å². The fourth-order valence-electron chi connectivity index (χ4n) is 4.84. The standard InChI is InChI=1S/C23H31F2N3O/c1-6-15-14(4)16-8-7-9-19(20(16)17(15)11-10-13(2)3)26-23(29)18-12-28(5)27-21(18)22(24)25/h7-9,12-15,17,22H,6,10-11H2,1-5H3,(H,26,29). The van der Waals surface area contributed by atoms with E-state index in [1.807, 2.05) is 12.1 Å². The molecular weight excluding hydrogens is 372 g/mol. The van der Waals surface area contributed by atoms with Crippen molar-refractivity contribution in [2.45, 2.75) is 65.2 Å².